The number of hydrogen-bond donors (Lipinski definition) is 0. The maximum atomic E-state index is 14.1. The number of para-hydroxylation sites is 1. The first-order chi connectivity index (χ1) is 13.6. The van der Waals surface area contributed by atoms with E-state index in [4.69, 9.17) is 4.74 Å². The van der Waals surface area contributed by atoms with Crippen LogP contribution in [0.15, 0.2) is 54.6 Å². The zero-order valence-electron chi connectivity index (χ0n) is 16.8. The van der Waals surface area contributed by atoms with Crippen molar-refractivity contribution in [1.82, 2.24) is 4.90 Å². The molecular formula is C24H31FN2O. The van der Waals surface area contributed by atoms with Gasteiger partial charge in [0.05, 0.1) is 12.3 Å². The van der Waals surface area contributed by atoms with E-state index in [9.17, 15) is 4.39 Å². The number of likely N-dealkylation sites (tertiary alicyclic amines) is 1. The van der Waals surface area contributed by atoms with Crippen LogP contribution in [0.3, 0.4) is 0 Å². The van der Waals surface area contributed by atoms with Gasteiger partial charge >= 0.3 is 0 Å². The van der Waals surface area contributed by atoms with Crippen LogP contribution in [0.4, 0.5) is 10.1 Å². The molecule has 0 spiro atoms. The second-order valence-corrected chi connectivity index (χ2v) is 8.40. The van der Waals surface area contributed by atoms with Gasteiger partial charge in [-0.3, -0.25) is 4.90 Å². The third-order valence-electron chi connectivity index (χ3n) is 6.34. The minimum atomic E-state index is -0.209. The number of nitrogens with zero attached hydrogens (tertiary/aromatic N) is 2. The molecule has 0 aromatic heterocycles. The van der Waals surface area contributed by atoms with Crippen LogP contribution in [-0.2, 0) is 11.3 Å². The van der Waals surface area contributed by atoms with Gasteiger partial charge in [0.1, 0.15) is 11.5 Å². The zero-order chi connectivity index (χ0) is 19.4. The molecule has 2 unspecified atom stereocenters. The Morgan fingerprint density at radius 3 is 2.64 bits per heavy atom. The number of halogens is 1. The minimum absolute atomic E-state index is 0.114. The normalized spacial score (nSPS) is 25.9. The third-order valence-corrected chi connectivity index (χ3v) is 6.34. The molecule has 0 radical (unpaired) electrons. The Kier molecular flexibility index (Phi) is 5.98. The molecule has 2 aromatic carbocycles. The summed E-state index contributed by atoms with van der Waals surface area (Å²) in [4.78, 5) is 4.74. The highest BCUT2D eigenvalue weighted by molar-refractivity contribution is 5.48. The second-order valence-electron chi connectivity index (χ2n) is 8.40. The van der Waals surface area contributed by atoms with Gasteiger partial charge in [0.2, 0.25) is 0 Å². The lowest BCUT2D eigenvalue weighted by Crippen LogP contribution is -2.53. The molecule has 4 rings (SSSR count). The molecule has 0 aliphatic carbocycles. The molecule has 0 amide bonds. The van der Waals surface area contributed by atoms with Crippen molar-refractivity contribution >= 4 is 5.69 Å². The number of hydrogen-bond acceptors (Lipinski definition) is 3. The first-order valence-corrected chi connectivity index (χ1v) is 10.6. The topological polar surface area (TPSA) is 15.7 Å². The molecule has 28 heavy (non-hydrogen) atoms. The molecule has 2 aromatic rings. The fraction of sp³-hybridized carbons (Fsp3) is 0.500. The summed E-state index contributed by atoms with van der Waals surface area (Å²) in [7, 11) is 0. The SMILES string of the molecule is CC1(OCc2ccccc2)CCCCN1CC1CCN(c2ccccc2F)C1. The van der Waals surface area contributed by atoms with Crippen molar-refractivity contribution in [3.63, 3.8) is 0 Å². The first kappa shape index (κ1) is 19.4. The Labute approximate surface area is 168 Å². The number of rotatable bonds is 6. The van der Waals surface area contributed by atoms with Crippen LogP contribution in [0, 0.1) is 11.7 Å². The Balaban J connectivity index is 1.38. The average Bonchev–Trinajstić information content (AvgIpc) is 3.18. The van der Waals surface area contributed by atoms with Crippen LogP contribution in [0.5, 0.6) is 0 Å². The van der Waals surface area contributed by atoms with Crippen molar-refractivity contribution in [3.05, 3.63) is 66.0 Å². The zero-order valence-corrected chi connectivity index (χ0v) is 16.8. The van der Waals surface area contributed by atoms with E-state index in [0.29, 0.717) is 12.5 Å². The summed E-state index contributed by atoms with van der Waals surface area (Å²) in [6.45, 7) is 6.86. The lowest BCUT2D eigenvalue weighted by molar-refractivity contribution is -0.174. The molecule has 2 heterocycles. The minimum Gasteiger partial charge on any atom is -0.369 e. The van der Waals surface area contributed by atoms with Gasteiger partial charge in [0, 0.05) is 26.2 Å². The molecule has 2 fully saturated rings. The van der Waals surface area contributed by atoms with Gasteiger partial charge in [-0.15, -0.1) is 0 Å². The van der Waals surface area contributed by atoms with Gasteiger partial charge in [-0.05, 0) is 56.2 Å². The quantitative estimate of drug-likeness (QED) is 0.694. The van der Waals surface area contributed by atoms with Crippen LogP contribution >= 0.6 is 0 Å². The number of anilines is 1. The molecule has 2 aliphatic rings. The molecule has 2 saturated heterocycles. The van der Waals surface area contributed by atoms with Crippen LogP contribution in [0.25, 0.3) is 0 Å². The first-order valence-electron chi connectivity index (χ1n) is 10.6. The standard InChI is InChI=1S/C24H31FN2O/c1-24(28-19-20-9-3-2-4-10-20)14-7-8-15-27(24)18-21-13-16-26(17-21)23-12-6-5-11-22(23)25/h2-6,9-12,21H,7-8,13-19H2,1H3. The highest BCUT2D eigenvalue weighted by Gasteiger charge is 2.37. The Hall–Kier alpha value is -1.91. The smallest absolute Gasteiger partial charge is 0.146 e. The molecular weight excluding hydrogens is 351 g/mol. The lowest BCUT2D eigenvalue weighted by Gasteiger charge is -2.45. The van der Waals surface area contributed by atoms with Gasteiger partial charge in [-0.25, -0.2) is 4.39 Å². The number of benzene rings is 2. The fourth-order valence-electron chi connectivity index (χ4n) is 4.63. The molecule has 2 aliphatic heterocycles. The summed E-state index contributed by atoms with van der Waals surface area (Å²) in [5.41, 5.74) is 1.76. The Morgan fingerprint density at radius 2 is 1.82 bits per heavy atom. The van der Waals surface area contributed by atoms with Crippen molar-refractivity contribution in [2.75, 3.05) is 31.1 Å². The van der Waals surface area contributed by atoms with E-state index in [1.165, 1.54) is 18.4 Å². The molecule has 4 heteroatoms. The van der Waals surface area contributed by atoms with E-state index in [2.05, 4.69) is 41.0 Å². The molecule has 3 nitrogen and oxygen atoms in total. The maximum Gasteiger partial charge on any atom is 0.146 e. The van der Waals surface area contributed by atoms with Crippen molar-refractivity contribution in [2.45, 2.75) is 44.9 Å². The fourth-order valence-corrected chi connectivity index (χ4v) is 4.63. The van der Waals surface area contributed by atoms with Gasteiger partial charge in [-0.2, -0.15) is 0 Å². The van der Waals surface area contributed by atoms with E-state index < -0.39 is 0 Å². The maximum absolute atomic E-state index is 14.1. The van der Waals surface area contributed by atoms with Crippen molar-refractivity contribution < 1.29 is 9.13 Å². The van der Waals surface area contributed by atoms with Crippen LogP contribution < -0.4 is 4.90 Å². The third kappa shape index (κ3) is 4.39. The van der Waals surface area contributed by atoms with E-state index in [-0.39, 0.29) is 11.5 Å². The van der Waals surface area contributed by atoms with Gasteiger partial charge < -0.3 is 9.64 Å². The summed E-state index contributed by atoms with van der Waals surface area (Å²) in [5.74, 6) is 0.439. The number of ether oxygens (including phenoxy) is 1. The summed E-state index contributed by atoms with van der Waals surface area (Å²) < 4.78 is 20.6. The predicted octanol–water partition coefficient (Wildman–Crippen LogP) is 5.07. The van der Waals surface area contributed by atoms with Gasteiger partial charge in [0.25, 0.3) is 0 Å². The highest BCUT2D eigenvalue weighted by Crippen LogP contribution is 2.33. The van der Waals surface area contributed by atoms with Gasteiger partial charge in [0.15, 0.2) is 0 Å². The monoisotopic (exact) mass is 382 g/mol. The second kappa shape index (κ2) is 8.62. The number of piperidine rings is 1. The Morgan fingerprint density at radius 1 is 1.04 bits per heavy atom. The molecule has 0 N–H and O–H groups in total. The van der Waals surface area contributed by atoms with Crippen LogP contribution in [0.1, 0.15) is 38.2 Å². The highest BCUT2D eigenvalue weighted by atomic mass is 19.1. The summed E-state index contributed by atoms with van der Waals surface area (Å²) in [5, 5.41) is 0. The lowest BCUT2D eigenvalue weighted by atomic mass is 9.97. The summed E-state index contributed by atoms with van der Waals surface area (Å²) >= 11 is 0. The molecule has 0 saturated carbocycles. The van der Waals surface area contributed by atoms with E-state index in [0.717, 1.165) is 44.7 Å². The summed E-state index contributed by atoms with van der Waals surface area (Å²) in [6.07, 6.45) is 4.63. The van der Waals surface area contributed by atoms with Crippen LogP contribution in [0.2, 0.25) is 0 Å². The molecule has 2 atom stereocenters. The van der Waals surface area contributed by atoms with Gasteiger partial charge in [-0.1, -0.05) is 42.5 Å². The van der Waals surface area contributed by atoms with E-state index in [1.807, 2.05) is 18.2 Å². The van der Waals surface area contributed by atoms with Crippen molar-refractivity contribution in [1.29, 1.82) is 0 Å². The van der Waals surface area contributed by atoms with E-state index >= 15 is 0 Å². The van der Waals surface area contributed by atoms with Crippen molar-refractivity contribution in [2.24, 2.45) is 5.92 Å². The summed E-state index contributed by atoms with van der Waals surface area (Å²) in [6, 6.07) is 17.6. The largest absolute Gasteiger partial charge is 0.369 e. The predicted molar refractivity (Wildman–Crippen MR) is 112 cm³/mol. The van der Waals surface area contributed by atoms with Crippen LogP contribution in [-0.4, -0.2) is 36.8 Å². The van der Waals surface area contributed by atoms with E-state index in [1.54, 1.807) is 12.1 Å². The molecule has 150 valence electrons. The Bertz CT molecular complexity index is 768. The van der Waals surface area contributed by atoms with Crippen molar-refractivity contribution in [3.8, 4) is 0 Å². The molecule has 0 bridgehead atoms. The average molecular weight is 383 g/mol.